The van der Waals surface area contributed by atoms with Crippen LogP contribution in [0.15, 0.2) is 18.2 Å². The van der Waals surface area contributed by atoms with Gasteiger partial charge in [0.15, 0.2) is 0 Å². The second kappa shape index (κ2) is 7.13. The zero-order chi connectivity index (χ0) is 17.0. The molecule has 0 radical (unpaired) electrons. The van der Waals surface area contributed by atoms with Crippen molar-refractivity contribution in [2.45, 2.75) is 46.6 Å². The second-order valence-corrected chi connectivity index (χ2v) is 6.74. The second-order valence-electron chi connectivity index (χ2n) is 6.74. The fraction of sp³-hybridized carbons (Fsp3) is 0.556. The predicted molar refractivity (Wildman–Crippen MR) is 90.3 cm³/mol. The Hall–Kier alpha value is -1.88. The number of ether oxygens (including phenoxy) is 1. The molecule has 0 aliphatic carbocycles. The van der Waals surface area contributed by atoms with Crippen molar-refractivity contribution in [1.82, 2.24) is 5.32 Å². The van der Waals surface area contributed by atoms with Crippen molar-refractivity contribution in [3.8, 4) is 0 Å². The van der Waals surface area contributed by atoms with Gasteiger partial charge in [-0.2, -0.15) is 0 Å². The topological polar surface area (TPSA) is 67.4 Å². The molecule has 0 bridgehead atoms. The zero-order valence-electron chi connectivity index (χ0n) is 14.4. The van der Waals surface area contributed by atoms with Crippen molar-refractivity contribution in [1.29, 1.82) is 0 Å². The van der Waals surface area contributed by atoms with E-state index in [1.807, 2.05) is 32.0 Å². The van der Waals surface area contributed by atoms with Gasteiger partial charge in [-0.1, -0.05) is 12.1 Å². The number of hydrogen-bond donors (Lipinski definition) is 2. The molecule has 1 aromatic carbocycles. The average molecular weight is 318 g/mol. The van der Waals surface area contributed by atoms with Crippen molar-refractivity contribution in [2.24, 2.45) is 5.41 Å². The van der Waals surface area contributed by atoms with Crippen LogP contribution >= 0.6 is 0 Å². The number of benzene rings is 1. The first-order valence-corrected chi connectivity index (χ1v) is 8.09. The van der Waals surface area contributed by atoms with Crippen molar-refractivity contribution in [3.63, 3.8) is 0 Å². The van der Waals surface area contributed by atoms with E-state index in [1.165, 1.54) is 0 Å². The van der Waals surface area contributed by atoms with Gasteiger partial charge in [0.1, 0.15) is 5.41 Å². The van der Waals surface area contributed by atoms with Crippen LogP contribution in [-0.2, 0) is 14.3 Å². The van der Waals surface area contributed by atoms with E-state index in [4.69, 9.17) is 4.74 Å². The Morgan fingerprint density at radius 3 is 2.65 bits per heavy atom. The maximum absolute atomic E-state index is 12.5. The number of nitrogens with one attached hydrogen (secondary N) is 2. The van der Waals surface area contributed by atoms with Crippen molar-refractivity contribution in [3.05, 3.63) is 29.3 Å². The molecule has 0 spiro atoms. The lowest BCUT2D eigenvalue weighted by molar-refractivity contribution is -0.138. The van der Waals surface area contributed by atoms with Crippen LogP contribution in [0.25, 0.3) is 0 Å². The Balaban J connectivity index is 1.97. The number of aryl methyl sites for hydroxylation is 2. The number of rotatable bonds is 5. The van der Waals surface area contributed by atoms with Crippen molar-refractivity contribution >= 4 is 17.5 Å². The van der Waals surface area contributed by atoms with Gasteiger partial charge in [-0.05, 0) is 57.7 Å². The van der Waals surface area contributed by atoms with Crippen LogP contribution in [0.3, 0.4) is 0 Å². The average Bonchev–Trinajstić information content (AvgIpc) is 3.01. The summed E-state index contributed by atoms with van der Waals surface area (Å²) < 4.78 is 5.49. The molecule has 1 aliphatic heterocycles. The number of carbonyl (C=O) groups excluding carboxylic acids is 2. The molecule has 2 N–H and O–H groups in total. The monoisotopic (exact) mass is 318 g/mol. The van der Waals surface area contributed by atoms with Gasteiger partial charge in [0.25, 0.3) is 0 Å². The van der Waals surface area contributed by atoms with E-state index < -0.39 is 5.41 Å². The largest absolute Gasteiger partial charge is 0.376 e. The first-order chi connectivity index (χ1) is 10.8. The van der Waals surface area contributed by atoms with E-state index in [9.17, 15) is 9.59 Å². The quantitative estimate of drug-likeness (QED) is 0.820. The molecular weight excluding hydrogens is 292 g/mol. The molecule has 1 fully saturated rings. The van der Waals surface area contributed by atoms with Gasteiger partial charge < -0.3 is 15.4 Å². The van der Waals surface area contributed by atoms with Crippen molar-refractivity contribution in [2.75, 3.05) is 18.5 Å². The van der Waals surface area contributed by atoms with E-state index >= 15 is 0 Å². The predicted octanol–water partition coefficient (Wildman–Crippen LogP) is 2.56. The summed E-state index contributed by atoms with van der Waals surface area (Å²) in [5.74, 6) is -0.591. The Labute approximate surface area is 137 Å². The van der Waals surface area contributed by atoms with Crippen LogP contribution < -0.4 is 10.6 Å². The van der Waals surface area contributed by atoms with Crippen LogP contribution in [0.5, 0.6) is 0 Å². The molecule has 0 aromatic heterocycles. The summed E-state index contributed by atoms with van der Waals surface area (Å²) >= 11 is 0. The fourth-order valence-electron chi connectivity index (χ4n) is 2.49. The van der Waals surface area contributed by atoms with Crippen LogP contribution in [0.4, 0.5) is 5.69 Å². The van der Waals surface area contributed by atoms with E-state index in [-0.39, 0.29) is 17.9 Å². The molecule has 2 rings (SSSR count). The van der Waals surface area contributed by atoms with Gasteiger partial charge >= 0.3 is 0 Å². The Morgan fingerprint density at radius 2 is 2.00 bits per heavy atom. The Morgan fingerprint density at radius 1 is 1.26 bits per heavy atom. The molecule has 1 atom stereocenters. The van der Waals surface area contributed by atoms with Crippen LogP contribution in [-0.4, -0.2) is 31.1 Å². The van der Waals surface area contributed by atoms with Gasteiger partial charge in [-0.15, -0.1) is 0 Å². The van der Waals surface area contributed by atoms with Crippen LogP contribution in [0.2, 0.25) is 0 Å². The molecule has 5 heteroatoms. The molecule has 126 valence electrons. The minimum atomic E-state index is -1.14. The third kappa shape index (κ3) is 4.32. The lowest BCUT2D eigenvalue weighted by atomic mass is 9.90. The lowest BCUT2D eigenvalue weighted by Crippen LogP contribution is -2.47. The summed E-state index contributed by atoms with van der Waals surface area (Å²) in [5, 5.41) is 5.70. The van der Waals surface area contributed by atoms with Crippen LogP contribution in [0, 0.1) is 19.3 Å². The maximum Gasteiger partial charge on any atom is 0.239 e. The van der Waals surface area contributed by atoms with Gasteiger partial charge in [0.2, 0.25) is 11.8 Å². The number of anilines is 1. The van der Waals surface area contributed by atoms with Crippen LogP contribution in [0.1, 0.15) is 37.8 Å². The lowest BCUT2D eigenvalue weighted by Gasteiger charge is -2.24. The summed E-state index contributed by atoms with van der Waals surface area (Å²) in [7, 11) is 0. The van der Waals surface area contributed by atoms with E-state index in [1.54, 1.807) is 13.8 Å². The summed E-state index contributed by atoms with van der Waals surface area (Å²) in [5.41, 5.74) is 1.63. The molecule has 5 nitrogen and oxygen atoms in total. The molecule has 1 aliphatic rings. The van der Waals surface area contributed by atoms with Crippen molar-refractivity contribution < 1.29 is 14.3 Å². The third-order valence-corrected chi connectivity index (χ3v) is 4.29. The molecule has 23 heavy (non-hydrogen) atoms. The number of hydrogen-bond acceptors (Lipinski definition) is 3. The molecule has 2 amide bonds. The molecule has 1 saturated heterocycles. The zero-order valence-corrected chi connectivity index (χ0v) is 14.4. The van der Waals surface area contributed by atoms with E-state index in [0.29, 0.717) is 6.54 Å². The first kappa shape index (κ1) is 17.5. The Bertz CT molecular complexity index is 590. The van der Waals surface area contributed by atoms with Gasteiger partial charge in [-0.3, -0.25) is 9.59 Å². The first-order valence-electron chi connectivity index (χ1n) is 8.09. The molecular formula is C18H26N2O3. The molecule has 1 heterocycles. The normalized spacial score (nSPS) is 17.8. The highest BCUT2D eigenvalue weighted by Gasteiger charge is 2.36. The summed E-state index contributed by atoms with van der Waals surface area (Å²) in [6, 6.07) is 5.85. The summed E-state index contributed by atoms with van der Waals surface area (Å²) in [4.78, 5) is 24.9. The highest BCUT2D eigenvalue weighted by atomic mass is 16.5. The Kier molecular flexibility index (Phi) is 5.42. The smallest absolute Gasteiger partial charge is 0.239 e. The minimum absolute atomic E-state index is 0.0665. The summed E-state index contributed by atoms with van der Waals surface area (Å²) in [6.07, 6.45) is 2.05. The number of amides is 2. The third-order valence-electron chi connectivity index (χ3n) is 4.29. The highest BCUT2D eigenvalue weighted by molar-refractivity contribution is 6.10. The summed E-state index contributed by atoms with van der Waals surface area (Å²) in [6.45, 7) is 8.38. The fourth-order valence-corrected chi connectivity index (χ4v) is 2.49. The van der Waals surface area contributed by atoms with Gasteiger partial charge in [0, 0.05) is 18.8 Å². The number of carbonyl (C=O) groups is 2. The molecule has 0 saturated carbocycles. The van der Waals surface area contributed by atoms with Gasteiger partial charge in [-0.25, -0.2) is 0 Å². The molecule has 1 aromatic rings. The molecule has 1 unspecified atom stereocenters. The van der Waals surface area contributed by atoms with Gasteiger partial charge in [0.05, 0.1) is 6.10 Å². The maximum atomic E-state index is 12.5. The van der Waals surface area contributed by atoms with E-state index in [2.05, 4.69) is 10.6 Å². The standard InChI is InChI=1S/C18H26N2O3/c1-12-7-8-13(2)15(10-12)20-17(22)18(3,4)16(21)19-11-14-6-5-9-23-14/h7-8,10,14H,5-6,9,11H2,1-4H3,(H,19,21)(H,20,22). The SMILES string of the molecule is Cc1ccc(C)c(NC(=O)C(C)(C)C(=O)NCC2CCCO2)c1. The highest BCUT2D eigenvalue weighted by Crippen LogP contribution is 2.22. The van der Waals surface area contributed by atoms with E-state index in [0.717, 1.165) is 36.3 Å². The minimum Gasteiger partial charge on any atom is -0.376 e.